The lowest BCUT2D eigenvalue weighted by molar-refractivity contribution is -0.248. The van der Waals surface area contributed by atoms with Gasteiger partial charge in [-0.1, -0.05) is 19.8 Å². The quantitative estimate of drug-likeness (QED) is 0.614. The first-order chi connectivity index (χ1) is 10.7. The van der Waals surface area contributed by atoms with Crippen LogP contribution >= 0.6 is 0 Å². The summed E-state index contributed by atoms with van der Waals surface area (Å²) in [6.45, 7) is 2.94. The summed E-state index contributed by atoms with van der Waals surface area (Å²) in [6.07, 6.45) is 3.18. The van der Waals surface area contributed by atoms with Gasteiger partial charge in [0.1, 0.15) is 5.60 Å². The number of rotatable bonds is 3. The van der Waals surface area contributed by atoms with Gasteiger partial charge < -0.3 is 25.3 Å². The molecule has 0 amide bonds. The van der Waals surface area contributed by atoms with Crippen molar-refractivity contribution in [2.45, 2.75) is 75.3 Å². The molecule has 0 aliphatic heterocycles. The number of hydrogen-bond donors (Lipinski definition) is 4. The zero-order chi connectivity index (χ0) is 17.0. The van der Waals surface area contributed by atoms with E-state index in [1.165, 1.54) is 0 Å². The topological polar surface area (TPSA) is 84.2 Å². The van der Waals surface area contributed by atoms with Crippen LogP contribution in [0.15, 0.2) is 0 Å². The standard InChI is InChI=1S/C18H33NO4/c1-16(8-9-19(2)3)12-6-4-5-7-13(12)17(22)10-14(20)15(21)11-18(16,17)23/h12-15,20-23H,4-11H2,1-3H3. The van der Waals surface area contributed by atoms with Gasteiger partial charge >= 0.3 is 0 Å². The van der Waals surface area contributed by atoms with Crippen LogP contribution < -0.4 is 0 Å². The molecule has 3 aliphatic rings. The van der Waals surface area contributed by atoms with E-state index < -0.39 is 28.8 Å². The van der Waals surface area contributed by atoms with E-state index >= 15 is 0 Å². The van der Waals surface area contributed by atoms with E-state index in [2.05, 4.69) is 11.8 Å². The minimum atomic E-state index is -1.33. The van der Waals surface area contributed by atoms with E-state index in [-0.39, 0.29) is 24.7 Å². The summed E-state index contributed by atoms with van der Waals surface area (Å²) in [5, 5.41) is 43.6. The highest BCUT2D eigenvalue weighted by molar-refractivity contribution is 5.25. The Kier molecular flexibility index (Phi) is 4.34. The molecule has 5 nitrogen and oxygen atoms in total. The first-order valence-electron chi connectivity index (χ1n) is 9.11. The average Bonchev–Trinajstić information content (AvgIpc) is 2.63. The monoisotopic (exact) mass is 327 g/mol. The van der Waals surface area contributed by atoms with Crippen molar-refractivity contribution >= 4 is 0 Å². The van der Waals surface area contributed by atoms with Crippen molar-refractivity contribution in [2.24, 2.45) is 17.3 Å². The van der Waals surface area contributed by atoms with E-state index in [1.54, 1.807) is 0 Å². The number of aliphatic hydroxyl groups is 4. The predicted molar refractivity (Wildman–Crippen MR) is 87.9 cm³/mol. The molecule has 5 heteroatoms. The van der Waals surface area contributed by atoms with Gasteiger partial charge in [0.2, 0.25) is 0 Å². The maximum Gasteiger partial charge on any atom is 0.102 e. The molecule has 7 unspecified atom stereocenters. The molecule has 3 aliphatic carbocycles. The van der Waals surface area contributed by atoms with Gasteiger partial charge in [0.15, 0.2) is 0 Å². The van der Waals surface area contributed by atoms with Crippen molar-refractivity contribution in [3.63, 3.8) is 0 Å². The van der Waals surface area contributed by atoms with Crippen LogP contribution in [-0.2, 0) is 0 Å². The Morgan fingerprint density at radius 2 is 1.52 bits per heavy atom. The van der Waals surface area contributed by atoms with E-state index in [4.69, 9.17) is 0 Å². The summed E-state index contributed by atoms with van der Waals surface area (Å²) in [7, 11) is 4.04. The summed E-state index contributed by atoms with van der Waals surface area (Å²) < 4.78 is 0. The third kappa shape index (κ3) is 2.31. The van der Waals surface area contributed by atoms with Crippen molar-refractivity contribution in [1.82, 2.24) is 4.90 Å². The first-order valence-corrected chi connectivity index (χ1v) is 9.11. The molecule has 0 saturated heterocycles. The molecule has 0 bridgehead atoms. The maximum absolute atomic E-state index is 11.7. The van der Waals surface area contributed by atoms with Crippen LogP contribution in [0.3, 0.4) is 0 Å². The van der Waals surface area contributed by atoms with Crippen molar-refractivity contribution < 1.29 is 20.4 Å². The molecule has 0 spiro atoms. The summed E-state index contributed by atoms with van der Waals surface area (Å²) >= 11 is 0. The van der Waals surface area contributed by atoms with Gasteiger partial charge in [0.05, 0.1) is 17.8 Å². The Bertz CT molecular complexity index is 458. The Hall–Kier alpha value is -0.200. The molecule has 3 fully saturated rings. The van der Waals surface area contributed by atoms with Crippen LogP contribution in [0, 0.1) is 17.3 Å². The summed E-state index contributed by atoms with van der Waals surface area (Å²) in [4.78, 5) is 2.11. The Balaban J connectivity index is 2.03. The summed E-state index contributed by atoms with van der Waals surface area (Å²) in [6, 6.07) is 0. The predicted octanol–water partition coefficient (Wildman–Crippen LogP) is 0.742. The zero-order valence-corrected chi connectivity index (χ0v) is 14.7. The van der Waals surface area contributed by atoms with Crippen molar-refractivity contribution in [3.8, 4) is 0 Å². The van der Waals surface area contributed by atoms with Gasteiger partial charge in [-0.25, -0.2) is 0 Å². The van der Waals surface area contributed by atoms with E-state index in [1.807, 2.05) is 14.1 Å². The largest absolute Gasteiger partial charge is 0.390 e. The molecule has 0 aromatic carbocycles. The number of fused-ring (bicyclic) bond motifs is 3. The number of hydrogen-bond acceptors (Lipinski definition) is 5. The fourth-order valence-electron chi connectivity index (χ4n) is 6.04. The highest BCUT2D eigenvalue weighted by Crippen LogP contribution is 2.68. The Morgan fingerprint density at radius 3 is 2.13 bits per heavy atom. The molecule has 4 N–H and O–H groups in total. The second-order valence-corrected chi connectivity index (χ2v) is 8.80. The number of nitrogens with zero attached hydrogens (tertiary/aromatic N) is 1. The molecular formula is C18H33NO4. The highest BCUT2D eigenvalue weighted by Gasteiger charge is 2.75. The molecule has 0 heterocycles. The summed E-state index contributed by atoms with van der Waals surface area (Å²) in [5.41, 5.74) is -3.04. The van der Waals surface area contributed by atoms with Gasteiger partial charge in [-0.05, 0) is 51.7 Å². The molecule has 0 radical (unpaired) electrons. The average molecular weight is 327 g/mol. The summed E-state index contributed by atoms with van der Waals surface area (Å²) in [5.74, 6) is 0.277. The van der Waals surface area contributed by atoms with Crippen molar-refractivity contribution in [3.05, 3.63) is 0 Å². The van der Waals surface area contributed by atoms with E-state index in [9.17, 15) is 20.4 Å². The van der Waals surface area contributed by atoms with Crippen LogP contribution in [0.25, 0.3) is 0 Å². The third-order valence-electron chi connectivity index (χ3n) is 7.41. The van der Waals surface area contributed by atoms with Crippen LogP contribution in [0.2, 0.25) is 0 Å². The maximum atomic E-state index is 11.7. The normalized spacial score (nSPS) is 53.2. The molecule has 3 rings (SSSR count). The van der Waals surface area contributed by atoms with Gasteiger partial charge in [0.25, 0.3) is 0 Å². The Morgan fingerprint density at radius 1 is 0.957 bits per heavy atom. The van der Waals surface area contributed by atoms with Crippen molar-refractivity contribution in [2.75, 3.05) is 20.6 Å². The Labute approximate surface area is 139 Å². The second-order valence-electron chi connectivity index (χ2n) is 8.80. The minimum Gasteiger partial charge on any atom is -0.390 e. The van der Waals surface area contributed by atoms with E-state index in [0.717, 1.165) is 38.6 Å². The fraction of sp³-hybridized carbons (Fsp3) is 1.00. The molecule has 3 saturated carbocycles. The van der Waals surface area contributed by atoms with Crippen LogP contribution in [0.5, 0.6) is 0 Å². The SMILES string of the molecule is CN(C)CCC1(C)C2CCCCC2C2(O)CC(O)C(O)CC12O. The molecule has 0 aromatic heterocycles. The fourth-order valence-corrected chi connectivity index (χ4v) is 6.04. The first kappa shape index (κ1) is 17.6. The van der Waals surface area contributed by atoms with E-state index in [0.29, 0.717) is 0 Å². The molecule has 0 aromatic rings. The van der Waals surface area contributed by atoms with Crippen LogP contribution in [0.1, 0.15) is 51.9 Å². The van der Waals surface area contributed by atoms with Gasteiger partial charge in [-0.15, -0.1) is 0 Å². The van der Waals surface area contributed by atoms with Gasteiger partial charge in [-0.3, -0.25) is 0 Å². The third-order valence-corrected chi connectivity index (χ3v) is 7.41. The molecule has 134 valence electrons. The lowest BCUT2D eigenvalue weighted by atomic mass is 9.60. The van der Waals surface area contributed by atoms with Gasteiger partial charge in [-0.2, -0.15) is 0 Å². The molecule has 7 atom stereocenters. The molecular weight excluding hydrogens is 294 g/mol. The molecule has 23 heavy (non-hydrogen) atoms. The zero-order valence-electron chi connectivity index (χ0n) is 14.7. The smallest absolute Gasteiger partial charge is 0.102 e. The lowest BCUT2D eigenvalue weighted by Crippen LogP contribution is -2.66. The van der Waals surface area contributed by atoms with Crippen molar-refractivity contribution in [1.29, 1.82) is 0 Å². The second kappa shape index (κ2) is 5.67. The number of aliphatic hydroxyl groups excluding tert-OH is 2. The lowest BCUT2D eigenvalue weighted by Gasteiger charge is -2.53. The minimum absolute atomic E-state index is 0.0237. The van der Waals surface area contributed by atoms with Crippen LogP contribution in [-0.4, -0.2) is 69.4 Å². The van der Waals surface area contributed by atoms with Gasteiger partial charge in [0, 0.05) is 18.3 Å². The highest BCUT2D eigenvalue weighted by atomic mass is 16.4. The van der Waals surface area contributed by atoms with Crippen LogP contribution in [0.4, 0.5) is 0 Å².